The molecular weight excluding hydrogens is 364 g/mol. The predicted octanol–water partition coefficient (Wildman–Crippen LogP) is 4.35. The monoisotopic (exact) mass is 373 g/mol. The van der Waals surface area contributed by atoms with Crippen LogP contribution in [0, 0.1) is 11.6 Å². The average Bonchev–Trinajstić information content (AvgIpc) is 2.37. The van der Waals surface area contributed by atoms with Gasteiger partial charge in [0.25, 0.3) is 5.91 Å². The van der Waals surface area contributed by atoms with Crippen molar-refractivity contribution >= 4 is 33.4 Å². The third-order valence-electron chi connectivity index (χ3n) is 2.80. The molecule has 0 unspecified atom stereocenters. The second-order valence-corrected chi connectivity index (χ2v) is 5.73. The average molecular weight is 375 g/mol. The minimum Gasteiger partial charge on any atom is -0.352 e. The molecule has 2 rings (SSSR count). The van der Waals surface area contributed by atoms with E-state index in [1.54, 1.807) is 18.2 Å². The lowest BCUT2D eigenvalue weighted by Crippen LogP contribution is -2.26. The molecule has 110 valence electrons. The molecule has 0 spiro atoms. The number of hydrogen-bond acceptors (Lipinski definition) is 1. The maximum atomic E-state index is 13.0. The highest BCUT2D eigenvalue weighted by molar-refractivity contribution is 9.10. The fourth-order valence-electron chi connectivity index (χ4n) is 1.84. The van der Waals surface area contributed by atoms with Crippen LogP contribution in [0.4, 0.5) is 8.78 Å². The molecule has 21 heavy (non-hydrogen) atoms. The van der Waals surface area contributed by atoms with E-state index in [0.29, 0.717) is 22.6 Å². The van der Waals surface area contributed by atoms with Crippen molar-refractivity contribution in [1.82, 2.24) is 5.32 Å². The van der Waals surface area contributed by atoms with Gasteiger partial charge in [0.1, 0.15) is 11.6 Å². The molecule has 0 aliphatic heterocycles. The van der Waals surface area contributed by atoms with Crippen LogP contribution in [0.15, 0.2) is 40.9 Å². The van der Waals surface area contributed by atoms with Gasteiger partial charge in [-0.05, 0) is 42.3 Å². The van der Waals surface area contributed by atoms with Crippen molar-refractivity contribution in [3.63, 3.8) is 0 Å². The van der Waals surface area contributed by atoms with E-state index >= 15 is 0 Å². The number of hydrogen-bond donors (Lipinski definition) is 1. The SMILES string of the molecule is O=C(NCCc1cc(F)cc(F)c1)c1ccc(Br)cc1Cl. The molecule has 0 atom stereocenters. The first-order valence-electron chi connectivity index (χ1n) is 6.14. The molecule has 0 aromatic heterocycles. The second-order valence-electron chi connectivity index (χ2n) is 4.41. The summed E-state index contributed by atoms with van der Waals surface area (Å²) in [6, 6.07) is 8.22. The first kappa shape index (κ1) is 15.9. The van der Waals surface area contributed by atoms with E-state index in [9.17, 15) is 13.6 Å². The fourth-order valence-corrected chi connectivity index (χ4v) is 2.60. The number of carbonyl (C=O) groups excluding carboxylic acids is 1. The van der Waals surface area contributed by atoms with E-state index in [2.05, 4.69) is 21.2 Å². The molecule has 0 heterocycles. The summed E-state index contributed by atoms with van der Waals surface area (Å²) in [6.07, 6.45) is 0.328. The summed E-state index contributed by atoms with van der Waals surface area (Å²) in [7, 11) is 0. The summed E-state index contributed by atoms with van der Waals surface area (Å²) in [5.74, 6) is -1.59. The van der Waals surface area contributed by atoms with Crippen LogP contribution < -0.4 is 5.32 Å². The molecule has 6 heteroatoms. The highest BCUT2D eigenvalue weighted by atomic mass is 79.9. The van der Waals surface area contributed by atoms with E-state index in [1.165, 1.54) is 12.1 Å². The molecule has 0 aliphatic carbocycles. The molecule has 2 aromatic rings. The van der Waals surface area contributed by atoms with Crippen molar-refractivity contribution < 1.29 is 13.6 Å². The maximum Gasteiger partial charge on any atom is 0.252 e. The Morgan fingerprint density at radius 1 is 1.14 bits per heavy atom. The van der Waals surface area contributed by atoms with Crippen molar-refractivity contribution in [1.29, 1.82) is 0 Å². The smallest absolute Gasteiger partial charge is 0.252 e. The van der Waals surface area contributed by atoms with Gasteiger partial charge in [0.05, 0.1) is 10.6 Å². The standard InChI is InChI=1S/C15H11BrClF2NO/c16-10-1-2-13(14(17)7-10)15(21)20-4-3-9-5-11(18)8-12(19)6-9/h1-2,5-8H,3-4H2,(H,20,21). The Hall–Kier alpha value is -1.46. The Bertz CT molecular complexity index is 658. The van der Waals surface area contributed by atoms with Gasteiger partial charge in [0.15, 0.2) is 0 Å². The summed E-state index contributed by atoms with van der Waals surface area (Å²) in [5, 5.41) is 3.00. The van der Waals surface area contributed by atoms with E-state index in [1.807, 2.05) is 0 Å². The van der Waals surface area contributed by atoms with Gasteiger partial charge in [-0.2, -0.15) is 0 Å². The first-order chi connectivity index (χ1) is 9.95. The van der Waals surface area contributed by atoms with Crippen LogP contribution >= 0.6 is 27.5 Å². The zero-order valence-electron chi connectivity index (χ0n) is 10.8. The zero-order chi connectivity index (χ0) is 15.4. The molecule has 1 N–H and O–H groups in total. The third-order valence-corrected chi connectivity index (χ3v) is 3.60. The summed E-state index contributed by atoms with van der Waals surface area (Å²) < 4.78 is 26.8. The van der Waals surface area contributed by atoms with Gasteiger partial charge in [-0.1, -0.05) is 27.5 Å². The number of rotatable bonds is 4. The van der Waals surface area contributed by atoms with Crippen molar-refractivity contribution in [2.45, 2.75) is 6.42 Å². The lowest BCUT2D eigenvalue weighted by atomic mass is 10.1. The van der Waals surface area contributed by atoms with E-state index < -0.39 is 11.6 Å². The number of halogens is 4. The van der Waals surface area contributed by atoms with Crippen LogP contribution in [-0.4, -0.2) is 12.5 Å². The third kappa shape index (κ3) is 4.51. The number of amides is 1. The number of nitrogens with one attached hydrogen (secondary N) is 1. The van der Waals surface area contributed by atoms with Gasteiger partial charge in [-0.3, -0.25) is 4.79 Å². The second kappa shape index (κ2) is 7.00. The number of benzene rings is 2. The van der Waals surface area contributed by atoms with Crippen molar-refractivity contribution in [2.24, 2.45) is 0 Å². The van der Waals surface area contributed by atoms with Crippen LogP contribution in [0.5, 0.6) is 0 Å². The Morgan fingerprint density at radius 3 is 2.43 bits per heavy atom. The van der Waals surface area contributed by atoms with Gasteiger partial charge in [-0.15, -0.1) is 0 Å². The first-order valence-corrected chi connectivity index (χ1v) is 7.31. The predicted molar refractivity (Wildman–Crippen MR) is 81.5 cm³/mol. The summed E-state index contributed by atoms with van der Waals surface area (Å²) >= 11 is 9.23. The minimum atomic E-state index is -0.632. The van der Waals surface area contributed by atoms with Gasteiger partial charge in [0, 0.05) is 17.1 Å². The van der Waals surface area contributed by atoms with Crippen LogP contribution in [0.25, 0.3) is 0 Å². The Balaban J connectivity index is 1.95. The zero-order valence-corrected chi connectivity index (χ0v) is 13.1. The molecule has 2 nitrogen and oxygen atoms in total. The summed E-state index contributed by atoms with van der Waals surface area (Å²) in [5.41, 5.74) is 0.833. The van der Waals surface area contributed by atoms with Gasteiger partial charge in [0.2, 0.25) is 0 Å². The molecule has 2 aromatic carbocycles. The Morgan fingerprint density at radius 2 is 1.81 bits per heavy atom. The highest BCUT2D eigenvalue weighted by Crippen LogP contribution is 2.21. The molecule has 0 saturated carbocycles. The molecule has 0 fully saturated rings. The Kier molecular flexibility index (Phi) is 5.31. The maximum absolute atomic E-state index is 13.0. The van der Waals surface area contributed by atoms with E-state index in [4.69, 9.17) is 11.6 Å². The molecule has 1 amide bonds. The molecule has 0 radical (unpaired) electrons. The summed E-state index contributed by atoms with van der Waals surface area (Å²) in [4.78, 5) is 11.9. The molecular formula is C15H11BrClF2NO. The van der Waals surface area contributed by atoms with Gasteiger partial charge >= 0.3 is 0 Å². The van der Waals surface area contributed by atoms with Crippen LogP contribution in [-0.2, 0) is 6.42 Å². The largest absolute Gasteiger partial charge is 0.352 e. The molecule has 0 aliphatic rings. The fraction of sp³-hybridized carbons (Fsp3) is 0.133. The normalized spacial score (nSPS) is 10.5. The topological polar surface area (TPSA) is 29.1 Å². The molecule has 0 bridgehead atoms. The van der Waals surface area contributed by atoms with Crippen LogP contribution in [0.1, 0.15) is 15.9 Å². The highest BCUT2D eigenvalue weighted by Gasteiger charge is 2.10. The van der Waals surface area contributed by atoms with Crippen molar-refractivity contribution in [2.75, 3.05) is 6.54 Å². The van der Waals surface area contributed by atoms with Gasteiger partial charge in [-0.25, -0.2) is 8.78 Å². The summed E-state index contributed by atoms with van der Waals surface area (Å²) in [6.45, 7) is 0.258. The Labute approximate surface area is 134 Å². The van der Waals surface area contributed by atoms with Crippen molar-refractivity contribution in [3.05, 3.63) is 68.7 Å². The lowest BCUT2D eigenvalue weighted by molar-refractivity contribution is 0.0954. The number of carbonyl (C=O) groups is 1. The van der Waals surface area contributed by atoms with E-state index in [0.717, 1.165) is 10.5 Å². The minimum absolute atomic E-state index is 0.258. The van der Waals surface area contributed by atoms with Crippen LogP contribution in [0.3, 0.4) is 0 Å². The van der Waals surface area contributed by atoms with Gasteiger partial charge < -0.3 is 5.32 Å². The molecule has 0 saturated heterocycles. The van der Waals surface area contributed by atoms with Crippen LogP contribution in [0.2, 0.25) is 5.02 Å². The lowest BCUT2D eigenvalue weighted by Gasteiger charge is -2.07. The quantitative estimate of drug-likeness (QED) is 0.847. The van der Waals surface area contributed by atoms with E-state index in [-0.39, 0.29) is 12.5 Å². The van der Waals surface area contributed by atoms with Crippen molar-refractivity contribution in [3.8, 4) is 0 Å².